The van der Waals surface area contributed by atoms with Gasteiger partial charge >= 0.3 is 0 Å². The molecule has 1 saturated heterocycles. The summed E-state index contributed by atoms with van der Waals surface area (Å²) in [7, 11) is 4.25. The van der Waals surface area contributed by atoms with Gasteiger partial charge in [-0.05, 0) is 20.5 Å². The van der Waals surface area contributed by atoms with E-state index in [-0.39, 0.29) is 0 Å². The molecule has 4 heteroatoms. The molecular weight excluding hydrogens is 214 g/mol. The van der Waals surface area contributed by atoms with Crippen molar-refractivity contribution in [2.75, 3.05) is 53.4 Å². The summed E-state index contributed by atoms with van der Waals surface area (Å²) in [5, 5.41) is 0. The largest absolute Gasteiger partial charge is 0.308 e. The van der Waals surface area contributed by atoms with E-state index in [1.807, 2.05) is 0 Å². The van der Waals surface area contributed by atoms with Gasteiger partial charge in [-0.1, -0.05) is 0 Å². The minimum Gasteiger partial charge on any atom is -0.308 e. The molecule has 0 spiro atoms. The third-order valence-electron chi connectivity index (χ3n) is 4.01. The van der Waals surface area contributed by atoms with Crippen LogP contribution in [-0.2, 0) is 4.79 Å². The number of carbonyl (C=O) groups excluding carboxylic acids is 1. The van der Waals surface area contributed by atoms with Crippen LogP contribution in [0.15, 0.2) is 0 Å². The molecule has 0 bridgehead atoms. The van der Waals surface area contributed by atoms with Crippen molar-refractivity contribution in [3.63, 3.8) is 0 Å². The van der Waals surface area contributed by atoms with Crippen LogP contribution in [0, 0.1) is 0 Å². The first-order valence-corrected chi connectivity index (χ1v) is 6.78. The van der Waals surface area contributed by atoms with Gasteiger partial charge < -0.3 is 4.90 Å². The van der Waals surface area contributed by atoms with Crippen molar-refractivity contribution in [1.29, 1.82) is 0 Å². The summed E-state index contributed by atoms with van der Waals surface area (Å²) in [4.78, 5) is 18.6. The van der Waals surface area contributed by atoms with Crippen LogP contribution < -0.4 is 0 Å². The summed E-state index contributed by atoms with van der Waals surface area (Å²) in [6.45, 7) is 6.93. The molecular formula is C13H25N3O. The highest BCUT2D eigenvalue weighted by Gasteiger charge is 2.29. The lowest BCUT2D eigenvalue weighted by Crippen LogP contribution is -2.50. The highest BCUT2D eigenvalue weighted by molar-refractivity contribution is 5.81. The normalized spacial score (nSPS) is 28.2. The lowest BCUT2D eigenvalue weighted by molar-refractivity contribution is -0.117. The molecule has 98 valence electrons. The summed E-state index contributed by atoms with van der Waals surface area (Å²) >= 11 is 0. The van der Waals surface area contributed by atoms with Gasteiger partial charge in [0.15, 0.2) is 0 Å². The monoisotopic (exact) mass is 239 g/mol. The molecule has 1 unspecified atom stereocenters. The van der Waals surface area contributed by atoms with Crippen molar-refractivity contribution in [3.05, 3.63) is 0 Å². The van der Waals surface area contributed by atoms with Crippen LogP contribution in [-0.4, -0.2) is 79.9 Å². The van der Waals surface area contributed by atoms with Gasteiger partial charge in [-0.2, -0.15) is 0 Å². The quantitative estimate of drug-likeness (QED) is 0.704. The summed E-state index contributed by atoms with van der Waals surface area (Å²) in [5.41, 5.74) is 0. The first kappa shape index (κ1) is 13.0. The lowest BCUT2D eigenvalue weighted by atomic mass is 10.2. The van der Waals surface area contributed by atoms with Gasteiger partial charge in [-0.3, -0.25) is 14.6 Å². The molecule has 2 fully saturated rings. The number of ketones is 1. The number of carbonyl (C=O) groups is 1. The fourth-order valence-corrected chi connectivity index (χ4v) is 2.80. The Bertz CT molecular complexity index is 259. The molecule has 1 aliphatic heterocycles. The van der Waals surface area contributed by atoms with Crippen molar-refractivity contribution in [2.24, 2.45) is 0 Å². The topological polar surface area (TPSA) is 26.8 Å². The number of piperazine rings is 1. The Balaban J connectivity index is 1.69. The molecule has 0 aromatic rings. The van der Waals surface area contributed by atoms with Gasteiger partial charge in [0.25, 0.3) is 0 Å². The molecule has 0 aromatic carbocycles. The van der Waals surface area contributed by atoms with Crippen molar-refractivity contribution in [1.82, 2.24) is 14.7 Å². The fraction of sp³-hybridized carbons (Fsp3) is 0.923. The Labute approximate surface area is 105 Å². The van der Waals surface area contributed by atoms with E-state index >= 15 is 0 Å². The lowest BCUT2D eigenvalue weighted by Gasteiger charge is -2.38. The van der Waals surface area contributed by atoms with Gasteiger partial charge in [0, 0.05) is 58.2 Å². The second-order valence-electron chi connectivity index (χ2n) is 5.62. The van der Waals surface area contributed by atoms with Crippen molar-refractivity contribution >= 4 is 5.78 Å². The molecule has 4 nitrogen and oxygen atoms in total. The van der Waals surface area contributed by atoms with E-state index in [0.29, 0.717) is 11.8 Å². The van der Waals surface area contributed by atoms with Crippen LogP contribution in [0.4, 0.5) is 0 Å². The second-order valence-corrected chi connectivity index (χ2v) is 5.62. The Morgan fingerprint density at radius 1 is 1.24 bits per heavy atom. The maximum atomic E-state index is 11.3. The van der Waals surface area contributed by atoms with Gasteiger partial charge in [-0.25, -0.2) is 0 Å². The van der Waals surface area contributed by atoms with Crippen LogP contribution in [0.2, 0.25) is 0 Å². The smallest absolute Gasteiger partial charge is 0.134 e. The maximum Gasteiger partial charge on any atom is 0.134 e. The second kappa shape index (κ2) is 5.94. The average Bonchev–Trinajstić information content (AvgIpc) is 2.74. The molecule has 0 radical (unpaired) electrons. The third kappa shape index (κ3) is 3.76. The molecule has 0 aromatic heterocycles. The molecule has 1 heterocycles. The van der Waals surface area contributed by atoms with E-state index in [2.05, 4.69) is 28.8 Å². The number of likely N-dealkylation sites (N-methyl/N-ethyl adjacent to an activating group) is 1. The van der Waals surface area contributed by atoms with E-state index < -0.39 is 0 Å². The van der Waals surface area contributed by atoms with Crippen molar-refractivity contribution in [3.8, 4) is 0 Å². The minimum absolute atomic E-state index is 0.463. The summed E-state index contributed by atoms with van der Waals surface area (Å²) < 4.78 is 0. The standard InChI is InChI=1S/C13H25N3O/c1-14(2)5-6-15-7-9-16(10-8-15)12-3-4-13(17)11-12/h12H,3-11H2,1-2H3. The highest BCUT2D eigenvalue weighted by atomic mass is 16.1. The average molecular weight is 239 g/mol. The summed E-state index contributed by atoms with van der Waals surface area (Å²) in [6.07, 6.45) is 2.71. The number of nitrogens with zero attached hydrogens (tertiary/aromatic N) is 3. The van der Waals surface area contributed by atoms with E-state index in [0.717, 1.165) is 38.9 Å². The Hall–Kier alpha value is -0.450. The van der Waals surface area contributed by atoms with E-state index in [1.165, 1.54) is 19.6 Å². The number of rotatable bonds is 4. The zero-order valence-electron chi connectivity index (χ0n) is 11.2. The first-order valence-electron chi connectivity index (χ1n) is 6.78. The molecule has 2 rings (SSSR count). The van der Waals surface area contributed by atoms with Crippen LogP contribution in [0.25, 0.3) is 0 Å². The summed E-state index contributed by atoms with van der Waals surface area (Å²) in [5.74, 6) is 0.463. The highest BCUT2D eigenvalue weighted by Crippen LogP contribution is 2.21. The zero-order valence-corrected chi connectivity index (χ0v) is 11.2. The SMILES string of the molecule is CN(C)CCN1CCN(C2CCC(=O)C2)CC1. The first-order chi connectivity index (χ1) is 8.15. The minimum atomic E-state index is 0.463. The number of Topliss-reactive ketones (excluding diaryl/α,β-unsaturated/α-hetero) is 1. The van der Waals surface area contributed by atoms with Gasteiger partial charge in [0.05, 0.1) is 0 Å². The molecule has 1 aliphatic carbocycles. The van der Waals surface area contributed by atoms with Gasteiger partial charge in [0.2, 0.25) is 0 Å². The summed E-state index contributed by atoms with van der Waals surface area (Å²) in [6, 6.07) is 0.554. The Kier molecular flexibility index (Phi) is 4.54. The van der Waals surface area contributed by atoms with Crippen LogP contribution >= 0.6 is 0 Å². The van der Waals surface area contributed by atoms with Gasteiger partial charge in [-0.15, -0.1) is 0 Å². The Morgan fingerprint density at radius 2 is 1.94 bits per heavy atom. The number of hydrogen-bond acceptors (Lipinski definition) is 4. The van der Waals surface area contributed by atoms with E-state index in [9.17, 15) is 4.79 Å². The molecule has 1 saturated carbocycles. The fourth-order valence-electron chi connectivity index (χ4n) is 2.80. The van der Waals surface area contributed by atoms with Gasteiger partial charge in [0.1, 0.15) is 5.78 Å². The molecule has 17 heavy (non-hydrogen) atoms. The van der Waals surface area contributed by atoms with Crippen molar-refractivity contribution < 1.29 is 4.79 Å². The zero-order chi connectivity index (χ0) is 12.3. The van der Waals surface area contributed by atoms with Crippen LogP contribution in [0.1, 0.15) is 19.3 Å². The molecule has 0 N–H and O–H groups in total. The molecule has 0 amide bonds. The predicted molar refractivity (Wildman–Crippen MR) is 69.2 cm³/mol. The third-order valence-corrected chi connectivity index (χ3v) is 4.01. The Morgan fingerprint density at radius 3 is 2.47 bits per heavy atom. The molecule has 1 atom stereocenters. The van der Waals surface area contributed by atoms with Crippen LogP contribution in [0.5, 0.6) is 0 Å². The molecule has 2 aliphatic rings. The van der Waals surface area contributed by atoms with E-state index in [1.54, 1.807) is 0 Å². The predicted octanol–water partition coefficient (Wildman–Crippen LogP) is 0.287. The van der Waals surface area contributed by atoms with E-state index in [4.69, 9.17) is 0 Å². The van der Waals surface area contributed by atoms with Crippen LogP contribution in [0.3, 0.4) is 0 Å². The maximum absolute atomic E-state index is 11.3. The van der Waals surface area contributed by atoms with Crippen molar-refractivity contribution in [2.45, 2.75) is 25.3 Å². The number of hydrogen-bond donors (Lipinski definition) is 0.